The smallest absolute Gasteiger partial charge is 0.410 e. The molecule has 3 aromatic rings. The van der Waals surface area contributed by atoms with E-state index in [2.05, 4.69) is 30.3 Å². The Morgan fingerprint density at radius 1 is 0.929 bits per heavy atom. The van der Waals surface area contributed by atoms with Gasteiger partial charge in [-0.05, 0) is 81.3 Å². The van der Waals surface area contributed by atoms with E-state index in [4.69, 9.17) is 4.74 Å². The maximum atomic E-state index is 13.8. The number of carbonyl (C=O) groups is 3. The fourth-order valence-electron chi connectivity index (χ4n) is 4.51. The molecule has 0 aliphatic heterocycles. The normalized spacial score (nSPS) is 12.8. The van der Waals surface area contributed by atoms with Crippen LogP contribution in [0.4, 0.5) is 4.79 Å². The van der Waals surface area contributed by atoms with Crippen LogP contribution in [-0.2, 0) is 27.2 Å². The number of nitrogens with zero attached hydrogens (tertiary/aromatic N) is 3. The Labute approximate surface area is 254 Å². The number of likely N-dealkylation sites (N-methyl/N-ethyl adjacent to an activating group) is 2. The first-order valence-corrected chi connectivity index (χ1v) is 15.2. The highest BCUT2D eigenvalue weighted by atomic mass is 32.1. The van der Waals surface area contributed by atoms with Gasteiger partial charge in [-0.25, -0.2) is 4.79 Å². The molecule has 226 valence electrons. The Hall–Kier alpha value is -3.65. The zero-order valence-corrected chi connectivity index (χ0v) is 27.0. The SMILES string of the molecule is CN(CCc1cccs1)C(=O)C(Cc1ccc2ccccc2c1)N(C)C(=O)/C=C/CC(C)(C)N(C)C(=O)OC(C)(C)C. The highest BCUT2D eigenvalue weighted by molar-refractivity contribution is 7.09. The van der Waals surface area contributed by atoms with E-state index in [1.807, 2.05) is 64.3 Å². The molecule has 0 fully saturated rings. The van der Waals surface area contributed by atoms with Crippen LogP contribution in [-0.4, -0.2) is 77.5 Å². The topological polar surface area (TPSA) is 70.2 Å². The van der Waals surface area contributed by atoms with Crippen molar-refractivity contribution in [1.82, 2.24) is 14.7 Å². The van der Waals surface area contributed by atoms with Gasteiger partial charge in [-0.3, -0.25) is 9.59 Å². The standard InChI is InChI=1S/C34H45N3O4S/c1-33(2,3)41-32(40)37(8)34(4,5)20-11-16-30(38)36(7)29(31(39)35(6)21-19-28-15-12-22-42-28)24-25-17-18-26-13-9-10-14-27(26)23-25/h9-18,22-23,29H,19-21,24H2,1-8H3/b16-11+. The van der Waals surface area contributed by atoms with E-state index in [9.17, 15) is 14.4 Å². The lowest BCUT2D eigenvalue weighted by Crippen LogP contribution is -2.49. The summed E-state index contributed by atoms with van der Waals surface area (Å²) >= 11 is 1.67. The first kappa shape index (κ1) is 32.9. The van der Waals surface area contributed by atoms with Crippen molar-refractivity contribution in [3.8, 4) is 0 Å². The average Bonchev–Trinajstić information content (AvgIpc) is 3.46. The van der Waals surface area contributed by atoms with Gasteiger partial charge in [-0.1, -0.05) is 54.6 Å². The first-order valence-electron chi connectivity index (χ1n) is 14.3. The molecular weight excluding hydrogens is 546 g/mol. The summed E-state index contributed by atoms with van der Waals surface area (Å²) in [6.07, 6.45) is 4.44. The van der Waals surface area contributed by atoms with Gasteiger partial charge >= 0.3 is 6.09 Å². The van der Waals surface area contributed by atoms with Crippen LogP contribution in [0.25, 0.3) is 10.8 Å². The summed E-state index contributed by atoms with van der Waals surface area (Å²) in [5, 5.41) is 4.26. The van der Waals surface area contributed by atoms with Crippen molar-refractivity contribution in [1.29, 1.82) is 0 Å². The van der Waals surface area contributed by atoms with Crippen molar-refractivity contribution in [2.45, 2.75) is 71.1 Å². The summed E-state index contributed by atoms with van der Waals surface area (Å²) in [4.78, 5) is 45.8. The molecule has 0 bridgehead atoms. The number of thiophene rings is 1. The molecular formula is C34H45N3O4S. The molecule has 0 N–H and O–H groups in total. The summed E-state index contributed by atoms with van der Waals surface area (Å²) in [5.74, 6) is -0.370. The molecule has 3 amide bonds. The van der Waals surface area contributed by atoms with Crippen LogP contribution < -0.4 is 0 Å². The summed E-state index contributed by atoms with van der Waals surface area (Å²) in [6.45, 7) is 9.89. The minimum absolute atomic E-state index is 0.103. The maximum absolute atomic E-state index is 13.8. The number of rotatable bonds is 11. The summed E-state index contributed by atoms with van der Waals surface area (Å²) in [7, 11) is 5.17. The largest absolute Gasteiger partial charge is 0.444 e. The van der Waals surface area contributed by atoms with E-state index in [-0.39, 0.29) is 11.8 Å². The van der Waals surface area contributed by atoms with E-state index in [1.54, 1.807) is 48.4 Å². The molecule has 1 heterocycles. The Bertz CT molecular complexity index is 1390. The fraction of sp³-hybridized carbons (Fsp3) is 0.441. The quantitative estimate of drug-likeness (QED) is 0.237. The zero-order chi connectivity index (χ0) is 31.1. The van der Waals surface area contributed by atoms with Crippen molar-refractivity contribution in [3.05, 3.63) is 82.6 Å². The maximum Gasteiger partial charge on any atom is 0.410 e. The lowest BCUT2D eigenvalue weighted by molar-refractivity contribution is -0.141. The van der Waals surface area contributed by atoms with Crippen LogP contribution in [0.3, 0.4) is 0 Å². The number of hydrogen-bond donors (Lipinski definition) is 0. The minimum atomic E-state index is -0.672. The van der Waals surface area contributed by atoms with Gasteiger partial charge in [-0.15, -0.1) is 11.3 Å². The van der Waals surface area contributed by atoms with Gasteiger partial charge in [0.2, 0.25) is 11.8 Å². The Morgan fingerprint density at radius 2 is 1.62 bits per heavy atom. The lowest BCUT2D eigenvalue weighted by Gasteiger charge is -2.36. The van der Waals surface area contributed by atoms with Gasteiger partial charge in [0.15, 0.2) is 0 Å². The lowest BCUT2D eigenvalue weighted by atomic mass is 9.98. The van der Waals surface area contributed by atoms with E-state index >= 15 is 0 Å². The second-order valence-corrected chi connectivity index (χ2v) is 13.4. The Kier molecular flexibility index (Phi) is 11.0. The molecule has 0 aliphatic carbocycles. The molecule has 0 radical (unpaired) electrons. The van der Waals surface area contributed by atoms with Crippen LogP contribution >= 0.6 is 11.3 Å². The molecule has 0 saturated carbocycles. The molecule has 0 spiro atoms. The molecule has 2 aromatic carbocycles. The van der Waals surface area contributed by atoms with E-state index in [1.165, 1.54) is 15.9 Å². The molecule has 42 heavy (non-hydrogen) atoms. The number of amides is 3. The Morgan fingerprint density at radius 3 is 2.26 bits per heavy atom. The third-order valence-electron chi connectivity index (χ3n) is 7.45. The monoisotopic (exact) mass is 591 g/mol. The molecule has 3 rings (SSSR count). The molecule has 0 aliphatic rings. The van der Waals surface area contributed by atoms with Crippen LogP contribution in [0.2, 0.25) is 0 Å². The van der Waals surface area contributed by atoms with Crippen molar-refractivity contribution in [2.24, 2.45) is 0 Å². The summed E-state index contributed by atoms with van der Waals surface area (Å²) < 4.78 is 5.50. The second kappa shape index (κ2) is 14.0. The van der Waals surface area contributed by atoms with Crippen molar-refractivity contribution in [3.63, 3.8) is 0 Å². The predicted octanol–water partition coefficient (Wildman–Crippen LogP) is 6.56. The zero-order valence-electron chi connectivity index (χ0n) is 26.2. The second-order valence-electron chi connectivity index (χ2n) is 12.4. The Balaban J connectivity index is 1.76. The molecule has 1 unspecified atom stereocenters. The molecule has 0 saturated heterocycles. The van der Waals surface area contributed by atoms with Gasteiger partial charge in [0.05, 0.1) is 0 Å². The molecule has 1 atom stereocenters. The molecule has 7 nitrogen and oxygen atoms in total. The van der Waals surface area contributed by atoms with Crippen LogP contribution in [0.5, 0.6) is 0 Å². The van der Waals surface area contributed by atoms with Crippen LogP contribution in [0.1, 0.15) is 51.5 Å². The van der Waals surface area contributed by atoms with Gasteiger partial charge < -0.3 is 19.4 Å². The highest BCUT2D eigenvalue weighted by Gasteiger charge is 2.31. The predicted molar refractivity (Wildman–Crippen MR) is 172 cm³/mol. The van der Waals surface area contributed by atoms with Crippen molar-refractivity contribution < 1.29 is 19.1 Å². The van der Waals surface area contributed by atoms with Crippen molar-refractivity contribution >= 4 is 40.0 Å². The fourth-order valence-corrected chi connectivity index (χ4v) is 5.21. The molecule has 8 heteroatoms. The number of hydrogen-bond acceptors (Lipinski definition) is 5. The third kappa shape index (κ3) is 9.18. The number of ether oxygens (including phenoxy) is 1. The van der Waals surface area contributed by atoms with E-state index in [0.29, 0.717) is 19.4 Å². The highest BCUT2D eigenvalue weighted by Crippen LogP contribution is 2.22. The van der Waals surface area contributed by atoms with Crippen LogP contribution in [0.15, 0.2) is 72.1 Å². The molecule has 1 aromatic heterocycles. The van der Waals surface area contributed by atoms with E-state index in [0.717, 1.165) is 22.8 Å². The van der Waals surface area contributed by atoms with Crippen LogP contribution in [0, 0.1) is 0 Å². The van der Waals surface area contributed by atoms with E-state index < -0.39 is 23.3 Å². The number of fused-ring (bicyclic) bond motifs is 1. The summed E-state index contributed by atoms with van der Waals surface area (Å²) in [5.41, 5.74) is -0.193. The average molecular weight is 592 g/mol. The summed E-state index contributed by atoms with van der Waals surface area (Å²) in [6, 6.07) is 17.7. The number of benzene rings is 2. The minimum Gasteiger partial charge on any atom is -0.444 e. The van der Waals surface area contributed by atoms with Gasteiger partial charge in [0.1, 0.15) is 11.6 Å². The van der Waals surface area contributed by atoms with Gasteiger partial charge in [0.25, 0.3) is 0 Å². The third-order valence-corrected chi connectivity index (χ3v) is 8.38. The number of carbonyl (C=O) groups excluding carboxylic acids is 3. The van der Waals surface area contributed by atoms with Crippen molar-refractivity contribution in [2.75, 3.05) is 27.7 Å². The van der Waals surface area contributed by atoms with Gasteiger partial charge in [0, 0.05) is 44.5 Å². The van der Waals surface area contributed by atoms with Gasteiger partial charge in [-0.2, -0.15) is 0 Å². The first-order chi connectivity index (χ1) is 19.7.